The Hall–Kier alpha value is -3.08. The van der Waals surface area contributed by atoms with E-state index in [1.54, 1.807) is 0 Å². The van der Waals surface area contributed by atoms with Crippen LogP contribution in [0.15, 0.2) is 53.3 Å². The Balaban J connectivity index is 2.25. The minimum Gasteiger partial charge on any atom is -0.444 e. The van der Waals surface area contributed by atoms with Gasteiger partial charge in [-0.15, -0.1) is 0 Å². The highest BCUT2D eigenvalue weighted by atomic mass is 16.6. The molecule has 3 rings (SSSR count). The summed E-state index contributed by atoms with van der Waals surface area (Å²) in [5.41, 5.74) is 3.21. The van der Waals surface area contributed by atoms with Crippen molar-refractivity contribution in [3.63, 3.8) is 0 Å². The molecule has 3 aromatic rings. The minimum absolute atomic E-state index is 0.0376. The number of fused-ring (bicyclic) bond motifs is 1. The average molecular weight is 421 g/mol. The summed E-state index contributed by atoms with van der Waals surface area (Å²) < 4.78 is 7.23. The number of carbonyl (C=O) groups excluding carboxylic acids is 1. The number of nitrogens with one attached hydrogen (secondary N) is 1. The van der Waals surface area contributed by atoms with E-state index in [2.05, 4.69) is 25.2 Å². The summed E-state index contributed by atoms with van der Waals surface area (Å²) in [5, 5.41) is 4.45. The second-order valence-corrected chi connectivity index (χ2v) is 9.40. The lowest BCUT2D eigenvalue weighted by Crippen LogP contribution is -2.35. The number of rotatable bonds is 5. The van der Waals surface area contributed by atoms with Crippen LogP contribution in [0.1, 0.15) is 45.9 Å². The quantitative estimate of drug-likeness (QED) is 0.579. The van der Waals surface area contributed by atoms with Crippen molar-refractivity contribution in [2.24, 2.45) is 5.92 Å². The summed E-state index contributed by atoms with van der Waals surface area (Å²) in [4.78, 5) is 25.9. The first-order valence-electron chi connectivity index (χ1n) is 10.7. The zero-order valence-corrected chi connectivity index (χ0v) is 19.3. The van der Waals surface area contributed by atoms with Crippen LogP contribution in [-0.4, -0.2) is 16.3 Å². The van der Waals surface area contributed by atoms with Crippen molar-refractivity contribution in [2.45, 2.75) is 60.2 Å². The lowest BCUT2D eigenvalue weighted by atomic mass is 9.95. The number of ether oxygens (including phenoxy) is 1. The highest BCUT2D eigenvalue weighted by Crippen LogP contribution is 2.31. The van der Waals surface area contributed by atoms with Crippen LogP contribution in [0.2, 0.25) is 0 Å². The fourth-order valence-electron chi connectivity index (χ4n) is 3.75. The lowest BCUT2D eigenvalue weighted by molar-refractivity contribution is 0.0522. The molecule has 5 heteroatoms. The molecule has 0 atom stereocenters. The van der Waals surface area contributed by atoms with Crippen molar-refractivity contribution >= 4 is 16.9 Å². The van der Waals surface area contributed by atoms with Crippen LogP contribution < -0.4 is 10.9 Å². The van der Waals surface area contributed by atoms with Gasteiger partial charge in [0.1, 0.15) is 5.60 Å². The molecule has 0 aliphatic heterocycles. The van der Waals surface area contributed by atoms with Crippen molar-refractivity contribution < 1.29 is 9.53 Å². The van der Waals surface area contributed by atoms with Gasteiger partial charge in [-0.25, -0.2) is 4.79 Å². The molecular formula is C26H32N2O3. The molecular weight excluding hydrogens is 388 g/mol. The van der Waals surface area contributed by atoms with Crippen LogP contribution in [0.3, 0.4) is 0 Å². The normalized spacial score (nSPS) is 11.7. The number of hydrogen-bond acceptors (Lipinski definition) is 3. The molecule has 0 unspecified atom stereocenters. The van der Waals surface area contributed by atoms with E-state index in [1.807, 2.05) is 74.7 Å². The van der Waals surface area contributed by atoms with E-state index < -0.39 is 11.7 Å². The van der Waals surface area contributed by atoms with Gasteiger partial charge in [0.25, 0.3) is 5.56 Å². The number of hydrogen-bond donors (Lipinski definition) is 1. The molecule has 0 radical (unpaired) electrons. The summed E-state index contributed by atoms with van der Waals surface area (Å²) in [6, 6.07) is 15.9. The Bertz CT molecular complexity index is 1140. The van der Waals surface area contributed by atoms with Gasteiger partial charge in [0.05, 0.1) is 6.54 Å². The molecule has 0 aliphatic carbocycles. The number of pyridine rings is 1. The van der Waals surface area contributed by atoms with Gasteiger partial charge in [0, 0.05) is 23.2 Å². The number of nitrogens with zero attached hydrogens (tertiary/aromatic N) is 1. The SMILES string of the molecule is Cc1ccc2c(=O)n(CC(C)C)c(CNC(=O)OC(C)(C)C)c(-c3ccccc3)c2c1. The molecule has 5 nitrogen and oxygen atoms in total. The van der Waals surface area contributed by atoms with Gasteiger partial charge in [0.2, 0.25) is 0 Å². The first-order chi connectivity index (χ1) is 14.6. The Labute approximate surface area is 184 Å². The maximum Gasteiger partial charge on any atom is 0.407 e. The van der Waals surface area contributed by atoms with Crippen molar-refractivity contribution in [2.75, 3.05) is 0 Å². The van der Waals surface area contributed by atoms with Crippen molar-refractivity contribution in [1.29, 1.82) is 0 Å². The summed E-state index contributed by atoms with van der Waals surface area (Å²) in [7, 11) is 0. The molecule has 31 heavy (non-hydrogen) atoms. The maximum atomic E-state index is 13.5. The van der Waals surface area contributed by atoms with E-state index in [1.165, 1.54) is 0 Å². The molecule has 0 aliphatic rings. The van der Waals surface area contributed by atoms with Crippen LogP contribution in [0, 0.1) is 12.8 Å². The van der Waals surface area contributed by atoms with E-state index in [0.717, 1.165) is 27.8 Å². The Morgan fingerprint density at radius 2 is 1.74 bits per heavy atom. The first-order valence-corrected chi connectivity index (χ1v) is 10.7. The van der Waals surface area contributed by atoms with Crippen molar-refractivity contribution in [1.82, 2.24) is 9.88 Å². The van der Waals surface area contributed by atoms with Gasteiger partial charge >= 0.3 is 6.09 Å². The fourth-order valence-corrected chi connectivity index (χ4v) is 3.75. The number of carbonyl (C=O) groups is 1. The van der Waals surface area contributed by atoms with Crippen LogP contribution in [0.4, 0.5) is 4.79 Å². The summed E-state index contributed by atoms with van der Waals surface area (Å²) in [6.45, 7) is 12.4. The molecule has 0 spiro atoms. The summed E-state index contributed by atoms with van der Waals surface area (Å²) in [6.07, 6.45) is -0.501. The van der Waals surface area contributed by atoms with Gasteiger partial charge in [0.15, 0.2) is 0 Å². The van der Waals surface area contributed by atoms with Gasteiger partial charge in [-0.2, -0.15) is 0 Å². The maximum absolute atomic E-state index is 13.5. The largest absolute Gasteiger partial charge is 0.444 e. The van der Waals surface area contributed by atoms with Gasteiger partial charge in [-0.3, -0.25) is 4.79 Å². The lowest BCUT2D eigenvalue weighted by Gasteiger charge is -2.23. The molecule has 1 amide bonds. The molecule has 1 heterocycles. The Morgan fingerprint density at radius 1 is 1.06 bits per heavy atom. The van der Waals surface area contributed by atoms with Gasteiger partial charge < -0.3 is 14.6 Å². The van der Waals surface area contributed by atoms with Crippen LogP contribution in [-0.2, 0) is 17.8 Å². The molecule has 2 aromatic carbocycles. The molecule has 164 valence electrons. The van der Waals surface area contributed by atoms with Crippen molar-refractivity contribution in [3.05, 3.63) is 70.1 Å². The summed E-state index contributed by atoms with van der Waals surface area (Å²) in [5.74, 6) is 0.268. The second kappa shape index (κ2) is 8.96. The van der Waals surface area contributed by atoms with E-state index in [4.69, 9.17) is 4.74 Å². The molecule has 1 N–H and O–H groups in total. The van der Waals surface area contributed by atoms with Crippen molar-refractivity contribution in [3.8, 4) is 11.1 Å². The highest BCUT2D eigenvalue weighted by Gasteiger charge is 2.21. The average Bonchev–Trinajstić information content (AvgIpc) is 2.67. The summed E-state index contributed by atoms with van der Waals surface area (Å²) >= 11 is 0. The third-order valence-corrected chi connectivity index (χ3v) is 4.94. The van der Waals surface area contributed by atoms with E-state index in [0.29, 0.717) is 11.9 Å². The van der Waals surface area contributed by atoms with E-state index >= 15 is 0 Å². The number of aryl methyl sites for hydroxylation is 1. The molecule has 1 aromatic heterocycles. The number of aromatic nitrogens is 1. The van der Waals surface area contributed by atoms with Gasteiger partial charge in [-0.05, 0) is 50.6 Å². The zero-order chi connectivity index (χ0) is 22.8. The monoisotopic (exact) mass is 420 g/mol. The first kappa shape index (κ1) is 22.6. The van der Waals surface area contributed by atoms with Gasteiger partial charge in [-0.1, -0.05) is 61.9 Å². The van der Waals surface area contributed by atoms with Crippen LogP contribution in [0.5, 0.6) is 0 Å². The molecule has 0 bridgehead atoms. The fraction of sp³-hybridized carbons (Fsp3) is 0.385. The number of alkyl carbamates (subject to hydrolysis) is 1. The highest BCUT2D eigenvalue weighted by molar-refractivity contribution is 5.97. The predicted octanol–water partition coefficient (Wildman–Crippen LogP) is 5.66. The minimum atomic E-state index is -0.593. The standard InChI is InChI=1S/C26H32N2O3/c1-17(2)16-28-22(15-27-25(30)31-26(4,5)6)23(19-10-8-7-9-11-19)21-14-18(3)12-13-20(21)24(28)29/h7-14,17H,15-16H2,1-6H3,(H,27,30). The molecule has 0 fully saturated rings. The zero-order valence-electron chi connectivity index (χ0n) is 19.3. The second-order valence-electron chi connectivity index (χ2n) is 9.40. The van der Waals surface area contributed by atoms with Crippen LogP contribution in [0.25, 0.3) is 21.9 Å². The van der Waals surface area contributed by atoms with Crippen LogP contribution >= 0.6 is 0 Å². The van der Waals surface area contributed by atoms with E-state index in [-0.39, 0.29) is 18.0 Å². The molecule has 0 saturated heterocycles. The number of benzene rings is 2. The third kappa shape index (κ3) is 5.35. The topological polar surface area (TPSA) is 60.3 Å². The third-order valence-electron chi connectivity index (χ3n) is 4.94. The predicted molar refractivity (Wildman–Crippen MR) is 126 cm³/mol. The number of amides is 1. The Kier molecular flexibility index (Phi) is 6.54. The smallest absolute Gasteiger partial charge is 0.407 e. The van der Waals surface area contributed by atoms with E-state index in [9.17, 15) is 9.59 Å². The Morgan fingerprint density at radius 3 is 2.35 bits per heavy atom. The molecule has 0 saturated carbocycles.